The van der Waals surface area contributed by atoms with Crippen LogP contribution in [0.3, 0.4) is 0 Å². The van der Waals surface area contributed by atoms with Crippen LogP contribution in [0.1, 0.15) is 36.2 Å². The van der Waals surface area contributed by atoms with Gasteiger partial charge >= 0.3 is 6.03 Å². The molecule has 10 heteroatoms. The van der Waals surface area contributed by atoms with Gasteiger partial charge in [-0.2, -0.15) is 0 Å². The number of ether oxygens (including phenoxy) is 2. The number of hydrogen-bond acceptors (Lipinski definition) is 6. The van der Waals surface area contributed by atoms with Crippen molar-refractivity contribution in [3.63, 3.8) is 0 Å². The van der Waals surface area contributed by atoms with E-state index in [1.54, 1.807) is 49.3 Å². The third kappa shape index (κ3) is 4.27. The van der Waals surface area contributed by atoms with Gasteiger partial charge in [0.15, 0.2) is 11.6 Å². The first-order valence-corrected chi connectivity index (χ1v) is 12.8. The standard InChI is InChI=1S/C28H33FN4O5/c1-28-16-19-23-20(8-9-22(38-3)24(23)29)31-25(19)21(15-17-6-4-7-18(34)14-17)33(28)27(36)32(26(28)35)12-5-10-30-11-13-37-2/h4,6-9,14,21,30-31,34H,5,10-13,15-16H2,1-3H3/t21?,28-/m0/s1. The molecule has 0 aliphatic carbocycles. The normalized spacial score (nSPS) is 20.8. The topological polar surface area (TPSA) is 107 Å². The summed E-state index contributed by atoms with van der Waals surface area (Å²) in [5, 5.41) is 13.7. The van der Waals surface area contributed by atoms with E-state index in [-0.39, 0.29) is 36.4 Å². The van der Waals surface area contributed by atoms with Crippen LogP contribution in [0, 0.1) is 5.82 Å². The molecule has 3 amide bonds. The predicted octanol–water partition coefficient (Wildman–Crippen LogP) is 3.51. The second kappa shape index (κ2) is 10.3. The van der Waals surface area contributed by atoms with Crippen molar-refractivity contribution in [3.05, 3.63) is 59.0 Å². The van der Waals surface area contributed by atoms with E-state index in [0.717, 1.165) is 5.56 Å². The maximum atomic E-state index is 15.5. The van der Waals surface area contributed by atoms with E-state index in [0.29, 0.717) is 54.7 Å². The molecule has 3 heterocycles. The summed E-state index contributed by atoms with van der Waals surface area (Å²) in [5.74, 6) is -0.553. The van der Waals surface area contributed by atoms with Crippen LogP contribution in [-0.2, 0) is 22.4 Å². The Labute approximate surface area is 220 Å². The number of urea groups is 1. The van der Waals surface area contributed by atoms with E-state index >= 15 is 4.39 Å². The molecule has 2 aromatic carbocycles. The lowest BCUT2D eigenvalue weighted by molar-refractivity contribution is -0.133. The zero-order valence-corrected chi connectivity index (χ0v) is 21.8. The molecule has 0 bridgehead atoms. The number of hydrogen-bond donors (Lipinski definition) is 3. The summed E-state index contributed by atoms with van der Waals surface area (Å²) in [7, 11) is 3.05. The summed E-state index contributed by atoms with van der Waals surface area (Å²) in [5.41, 5.74) is 1.56. The van der Waals surface area contributed by atoms with Gasteiger partial charge in [-0.15, -0.1) is 0 Å². The van der Waals surface area contributed by atoms with Crippen LogP contribution >= 0.6 is 0 Å². The average molecular weight is 525 g/mol. The smallest absolute Gasteiger partial charge is 0.328 e. The number of phenols is 1. The fourth-order valence-corrected chi connectivity index (χ4v) is 5.83. The zero-order chi connectivity index (χ0) is 27.0. The Kier molecular flexibility index (Phi) is 7.02. The summed E-state index contributed by atoms with van der Waals surface area (Å²) in [6.45, 7) is 3.94. The summed E-state index contributed by atoms with van der Waals surface area (Å²) >= 11 is 0. The molecule has 3 N–H and O–H groups in total. The summed E-state index contributed by atoms with van der Waals surface area (Å²) in [6.07, 6.45) is 1.12. The highest BCUT2D eigenvalue weighted by molar-refractivity contribution is 6.08. The Bertz CT molecular complexity index is 1370. The number of rotatable bonds is 10. The number of amides is 3. The van der Waals surface area contributed by atoms with E-state index in [4.69, 9.17) is 9.47 Å². The van der Waals surface area contributed by atoms with Gasteiger partial charge in [0.2, 0.25) is 0 Å². The lowest BCUT2D eigenvalue weighted by Crippen LogP contribution is -2.53. The Morgan fingerprint density at radius 3 is 2.76 bits per heavy atom. The quantitative estimate of drug-likeness (QED) is 0.277. The molecule has 1 aromatic heterocycles. The summed E-state index contributed by atoms with van der Waals surface area (Å²) in [4.78, 5) is 33.9. The molecule has 9 nitrogen and oxygen atoms in total. The lowest BCUT2D eigenvalue weighted by Gasteiger charge is -2.42. The van der Waals surface area contributed by atoms with Crippen LogP contribution in [0.2, 0.25) is 0 Å². The number of phenolic OH excluding ortho intramolecular Hbond substituents is 1. The molecule has 1 unspecified atom stereocenters. The molecule has 0 spiro atoms. The first-order valence-electron chi connectivity index (χ1n) is 12.8. The van der Waals surface area contributed by atoms with E-state index < -0.39 is 17.4 Å². The number of imide groups is 1. The second-order valence-corrected chi connectivity index (χ2v) is 10.1. The van der Waals surface area contributed by atoms with Gasteiger partial charge in [0.05, 0.1) is 19.8 Å². The number of halogens is 1. The van der Waals surface area contributed by atoms with E-state index in [1.807, 2.05) is 6.07 Å². The van der Waals surface area contributed by atoms with Crippen molar-refractivity contribution in [3.8, 4) is 11.5 Å². The minimum atomic E-state index is -1.18. The number of aromatic amines is 1. The largest absolute Gasteiger partial charge is 0.508 e. The average Bonchev–Trinajstić information content (AvgIpc) is 3.34. The number of H-pyrrole nitrogens is 1. The lowest BCUT2D eigenvalue weighted by atomic mass is 9.81. The van der Waals surface area contributed by atoms with Crippen LogP contribution in [-0.4, -0.2) is 77.8 Å². The molecular weight excluding hydrogens is 491 g/mol. The summed E-state index contributed by atoms with van der Waals surface area (Å²) in [6, 6.07) is 9.21. The number of carbonyl (C=O) groups is 2. The van der Waals surface area contributed by atoms with Gasteiger partial charge in [-0.05, 0) is 61.7 Å². The fourth-order valence-electron chi connectivity index (χ4n) is 5.83. The van der Waals surface area contributed by atoms with E-state index in [1.165, 1.54) is 12.0 Å². The number of aromatic nitrogens is 1. The fraction of sp³-hybridized carbons (Fsp3) is 0.429. The molecule has 5 rings (SSSR count). The maximum absolute atomic E-state index is 15.5. The number of nitrogens with one attached hydrogen (secondary N) is 2. The third-order valence-electron chi connectivity index (χ3n) is 7.62. The Morgan fingerprint density at radius 2 is 2.03 bits per heavy atom. The van der Waals surface area contributed by atoms with Gasteiger partial charge in [-0.25, -0.2) is 9.18 Å². The Balaban J connectivity index is 1.54. The maximum Gasteiger partial charge on any atom is 0.328 e. The number of nitrogens with zero attached hydrogens (tertiary/aromatic N) is 2. The van der Waals surface area contributed by atoms with Gasteiger partial charge < -0.3 is 29.8 Å². The van der Waals surface area contributed by atoms with Gasteiger partial charge in [0.25, 0.3) is 5.91 Å². The van der Waals surface area contributed by atoms with Gasteiger partial charge in [-0.1, -0.05) is 12.1 Å². The van der Waals surface area contributed by atoms with Crippen molar-refractivity contribution in [2.24, 2.45) is 0 Å². The molecule has 1 saturated heterocycles. The molecule has 2 aliphatic heterocycles. The number of aromatic hydroxyl groups is 1. The van der Waals surface area contributed by atoms with Gasteiger partial charge in [0, 0.05) is 43.2 Å². The van der Waals surface area contributed by atoms with Crippen molar-refractivity contribution >= 4 is 22.8 Å². The molecule has 38 heavy (non-hydrogen) atoms. The van der Waals surface area contributed by atoms with E-state index in [9.17, 15) is 14.7 Å². The van der Waals surface area contributed by atoms with Crippen LogP contribution in [0.5, 0.6) is 11.5 Å². The molecule has 202 valence electrons. The SMILES string of the molecule is COCCNCCCN1C(=O)N2C(Cc3cccc(O)c3)c3[nH]c4ccc(OC)c(F)c4c3C[C@@]2(C)C1=O. The van der Waals surface area contributed by atoms with Crippen LogP contribution in [0.15, 0.2) is 36.4 Å². The molecule has 2 aliphatic rings. The third-order valence-corrected chi connectivity index (χ3v) is 7.62. The van der Waals surface area contributed by atoms with Crippen molar-refractivity contribution in [1.29, 1.82) is 0 Å². The highest BCUT2D eigenvalue weighted by atomic mass is 19.1. The monoisotopic (exact) mass is 524 g/mol. The molecule has 2 atom stereocenters. The Morgan fingerprint density at radius 1 is 1.21 bits per heavy atom. The van der Waals surface area contributed by atoms with Crippen LogP contribution in [0.25, 0.3) is 10.9 Å². The number of benzene rings is 2. The van der Waals surface area contributed by atoms with Crippen LogP contribution in [0.4, 0.5) is 9.18 Å². The van der Waals surface area contributed by atoms with E-state index in [2.05, 4.69) is 10.3 Å². The van der Waals surface area contributed by atoms with Crippen LogP contribution < -0.4 is 10.1 Å². The van der Waals surface area contributed by atoms with Crippen molar-refractivity contribution in [2.75, 3.05) is 40.5 Å². The first kappa shape index (κ1) is 26.0. The number of methoxy groups -OCH3 is 2. The van der Waals surface area contributed by atoms with Crippen molar-refractivity contribution in [1.82, 2.24) is 20.1 Å². The Hall–Kier alpha value is -3.63. The molecule has 0 radical (unpaired) electrons. The van der Waals surface area contributed by atoms with Crippen molar-refractivity contribution in [2.45, 2.75) is 37.8 Å². The number of fused-ring (bicyclic) bond motifs is 4. The van der Waals surface area contributed by atoms with Gasteiger partial charge in [-0.3, -0.25) is 9.69 Å². The molecule has 3 aromatic rings. The summed E-state index contributed by atoms with van der Waals surface area (Å²) < 4.78 is 25.8. The first-order chi connectivity index (χ1) is 18.3. The molecular formula is C28H33FN4O5. The van der Waals surface area contributed by atoms with Crippen molar-refractivity contribution < 1.29 is 28.6 Å². The predicted molar refractivity (Wildman–Crippen MR) is 140 cm³/mol. The highest BCUT2D eigenvalue weighted by Gasteiger charge is 2.59. The second-order valence-electron chi connectivity index (χ2n) is 10.1. The molecule has 1 fully saturated rings. The minimum absolute atomic E-state index is 0.111. The minimum Gasteiger partial charge on any atom is -0.508 e. The zero-order valence-electron chi connectivity index (χ0n) is 21.8. The number of carbonyl (C=O) groups excluding carboxylic acids is 2. The molecule has 0 saturated carbocycles. The highest BCUT2D eigenvalue weighted by Crippen LogP contribution is 2.48. The van der Waals surface area contributed by atoms with Gasteiger partial charge in [0.1, 0.15) is 11.3 Å².